The minimum atomic E-state index is -1.06. The van der Waals surface area contributed by atoms with E-state index in [1.54, 1.807) is 43.5 Å². The van der Waals surface area contributed by atoms with Crippen molar-refractivity contribution in [2.75, 3.05) is 7.11 Å². The maximum atomic E-state index is 11.8. The number of carbonyl (C=O) groups excluding carboxylic acids is 2. The molecule has 126 valence electrons. The Labute approximate surface area is 140 Å². The van der Waals surface area contributed by atoms with Crippen LogP contribution in [0.25, 0.3) is 0 Å². The van der Waals surface area contributed by atoms with Gasteiger partial charge in [-0.1, -0.05) is 42.5 Å². The molecule has 24 heavy (non-hydrogen) atoms. The van der Waals surface area contributed by atoms with E-state index in [0.29, 0.717) is 5.75 Å². The standard InChI is InChI=1S/C18H19NO5/c1-22-15-9-7-13(8-10-15)11-16(19)17(20)24-18(21)23-12-14-5-3-2-4-6-14/h2-10,16H,11-12,19H2,1H3/t16-/m0/s1. The van der Waals surface area contributed by atoms with Crippen molar-refractivity contribution in [1.82, 2.24) is 0 Å². The first-order valence-corrected chi connectivity index (χ1v) is 7.39. The highest BCUT2D eigenvalue weighted by Crippen LogP contribution is 2.12. The van der Waals surface area contributed by atoms with Crippen molar-refractivity contribution in [2.24, 2.45) is 5.73 Å². The average molecular weight is 329 g/mol. The maximum absolute atomic E-state index is 11.8. The van der Waals surface area contributed by atoms with Crippen molar-refractivity contribution in [3.63, 3.8) is 0 Å². The summed E-state index contributed by atoms with van der Waals surface area (Å²) in [7, 11) is 1.57. The highest BCUT2D eigenvalue weighted by molar-refractivity contribution is 5.85. The molecule has 0 radical (unpaired) electrons. The summed E-state index contributed by atoms with van der Waals surface area (Å²) in [6.45, 7) is 0.0284. The van der Waals surface area contributed by atoms with Crippen LogP contribution in [0.4, 0.5) is 4.79 Å². The summed E-state index contributed by atoms with van der Waals surface area (Å²) >= 11 is 0. The summed E-state index contributed by atoms with van der Waals surface area (Å²) < 4.78 is 14.5. The molecule has 0 heterocycles. The fraction of sp³-hybridized carbons (Fsp3) is 0.222. The minimum Gasteiger partial charge on any atom is -0.497 e. The van der Waals surface area contributed by atoms with E-state index in [9.17, 15) is 9.59 Å². The Morgan fingerprint density at radius 3 is 2.29 bits per heavy atom. The van der Waals surface area contributed by atoms with Gasteiger partial charge in [0.05, 0.1) is 7.11 Å². The van der Waals surface area contributed by atoms with Crippen LogP contribution in [0.15, 0.2) is 54.6 Å². The Bertz CT molecular complexity index is 670. The Hall–Kier alpha value is -2.86. The molecule has 0 aromatic heterocycles. The Kier molecular flexibility index (Phi) is 6.33. The van der Waals surface area contributed by atoms with Crippen LogP contribution in [-0.2, 0) is 27.3 Å². The smallest absolute Gasteiger partial charge is 0.497 e. The molecule has 0 aliphatic rings. The lowest BCUT2D eigenvalue weighted by molar-refractivity contribution is -0.141. The molecule has 6 nitrogen and oxygen atoms in total. The van der Waals surface area contributed by atoms with Gasteiger partial charge in [-0.25, -0.2) is 9.59 Å². The van der Waals surface area contributed by atoms with Crippen molar-refractivity contribution in [3.05, 3.63) is 65.7 Å². The SMILES string of the molecule is COc1ccc(C[C@H](N)C(=O)OC(=O)OCc2ccccc2)cc1. The third-order valence-electron chi connectivity index (χ3n) is 3.30. The molecule has 0 spiro atoms. The molecule has 0 aliphatic heterocycles. The highest BCUT2D eigenvalue weighted by Gasteiger charge is 2.20. The predicted octanol–water partition coefficient (Wildman–Crippen LogP) is 2.45. The number of hydrogen-bond donors (Lipinski definition) is 1. The number of ether oxygens (including phenoxy) is 3. The van der Waals surface area contributed by atoms with E-state index in [1.807, 2.05) is 18.2 Å². The number of hydrogen-bond acceptors (Lipinski definition) is 6. The molecular weight excluding hydrogens is 310 g/mol. The number of benzene rings is 2. The molecule has 0 amide bonds. The molecule has 0 bridgehead atoms. The van der Waals surface area contributed by atoms with Crippen molar-refractivity contribution in [2.45, 2.75) is 19.1 Å². The van der Waals surface area contributed by atoms with Crippen LogP contribution in [0, 0.1) is 0 Å². The first kappa shape index (κ1) is 17.5. The summed E-state index contributed by atoms with van der Waals surface area (Å²) in [6.07, 6.45) is -0.816. The number of methoxy groups -OCH3 is 1. The highest BCUT2D eigenvalue weighted by atomic mass is 16.7. The van der Waals surface area contributed by atoms with Crippen LogP contribution in [0.2, 0.25) is 0 Å². The van der Waals surface area contributed by atoms with Gasteiger partial charge in [0.1, 0.15) is 18.4 Å². The molecule has 2 rings (SSSR count). The van der Waals surface area contributed by atoms with Gasteiger partial charge in [-0.2, -0.15) is 0 Å². The summed E-state index contributed by atoms with van der Waals surface area (Å²) in [5.41, 5.74) is 7.39. The van der Waals surface area contributed by atoms with Gasteiger partial charge in [-0.05, 0) is 29.7 Å². The van der Waals surface area contributed by atoms with Crippen LogP contribution in [0.1, 0.15) is 11.1 Å². The average Bonchev–Trinajstić information content (AvgIpc) is 2.61. The van der Waals surface area contributed by atoms with Gasteiger partial charge < -0.3 is 19.9 Å². The molecule has 0 saturated carbocycles. The van der Waals surface area contributed by atoms with Gasteiger partial charge in [-0.15, -0.1) is 0 Å². The number of carbonyl (C=O) groups is 2. The summed E-state index contributed by atoms with van der Waals surface area (Å²) in [5.74, 6) is -0.122. The van der Waals surface area contributed by atoms with Gasteiger partial charge in [-0.3, -0.25) is 0 Å². The lowest BCUT2D eigenvalue weighted by Crippen LogP contribution is -2.35. The van der Waals surface area contributed by atoms with Crippen LogP contribution in [0.3, 0.4) is 0 Å². The van der Waals surface area contributed by atoms with E-state index in [4.69, 9.17) is 15.2 Å². The number of rotatable bonds is 6. The quantitative estimate of drug-likeness (QED) is 0.647. The van der Waals surface area contributed by atoms with Crippen molar-refractivity contribution >= 4 is 12.1 Å². The first-order valence-electron chi connectivity index (χ1n) is 7.39. The number of esters is 1. The van der Waals surface area contributed by atoms with Crippen molar-refractivity contribution in [1.29, 1.82) is 0 Å². The lowest BCUT2D eigenvalue weighted by Gasteiger charge is -2.11. The zero-order chi connectivity index (χ0) is 17.4. The van der Waals surface area contributed by atoms with Gasteiger partial charge >= 0.3 is 12.1 Å². The van der Waals surface area contributed by atoms with E-state index in [-0.39, 0.29) is 13.0 Å². The molecule has 0 saturated heterocycles. The third-order valence-corrected chi connectivity index (χ3v) is 3.30. The molecule has 2 aromatic carbocycles. The summed E-state index contributed by atoms with van der Waals surface area (Å²) in [6, 6.07) is 15.2. The van der Waals surface area contributed by atoms with Crippen LogP contribution >= 0.6 is 0 Å². The Morgan fingerprint density at radius 1 is 1.00 bits per heavy atom. The predicted molar refractivity (Wildman–Crippen MR) is 87.4 cm³/mol. The zero-order valence-corrected chi connectivity index (χ0v) is 13.3. The molecule has 6 heteroatoms. The van der Waals surface area contributed by atoms with Gasteiger partial charge in [0.15, 0.2) is 0 Å². The second-order valence-electron chi connectivity index (χ2n) is 5.10. The fourth-order valence-electron chi connectivity index (χ4n) is 2.00. The van der Waals surface area contributed by atoms with Crippen LogP contribution in [0.5, 0.6) is 5.75 Å². The van der Waals surface area contributed by atoms with E-state index in [2.05, 4.69) is 4.74 Å². The van der Waals surface area contributed by atoms with Gasteiger partial charge in [0.25, 0.3) is 0 Å². The van der Waals surface area contributed by atoms with Crippen molar-refractivity contribution < 1.29 is 23.8 Å². The molecular formula is C18H19NO5. The largest absolute Gasteiger partial charge is 0.516 e. The summed E-state index contributed by atoms with van der Waals surface area (Å²) in [5, 5.41) is 0. The minimum absolute atomic E-state index is 0.0284. The fourth-order valence-corrected chi connectivity index (χ4v) is 2.00. The Balaban J connectivity index is 1.78. The monoisotopic (exact) mass is 329 g/mol. The van der Waals surface area contributed by atoms with Crippen LogP contribution in [-0.4, -0.2) is 25.3 Å². The molecule has 2 aromatic rings. The molecule has 0 fully saturated rings. The molecule has 1 atom stereocenters. The normalized spacial score (nSPS) is 11.4. The molecule has 2 N–H and O–H groups in total. The lowest BCUT2D eigenvalue weighted by atomic mass is 10.1. The van der Waals surface area contributed by atoms with E-state index < -0.39 is 18.2 Å². The van der Waals surface area contributed by atoms with E-state index in [0.717, 1.165) is 11.1 Å². The summed E-state index contributed by atoms with van der Waals surface area (Å²) in [4.78, 5) is 23.3. The van der Waals surface area contributed by atoms with Crippen LogP contribution < -0.4 is 10.5 Å². The second kappa shape index (κ2) is 8.69. The van der Waals surface area contributed by atoms with Gasteiger partial charge in [0, 0.05) is 0 Å². The topological polar surface area (TPSA) is 87.9 Å². The molecule has 0 aliphatic carbocycles. The third kappa shape index (κ3) is 5.40. The maximum Gasteiger partial charge on any atom is 0.516 e. The first-order chi connectivity index (χ1) is 11.6. The Morgan fingerprint density at radius 2 is 1.67 bits per heavy atom. The van der Waals surface area contributed by atoms with E-state index >= 15 is 0 Å². The van der Waals surface area contributed by atoms with Gasteiger partial charge in [0.2, 0.25) is 0 Å². The second-order valence-corrected chi connectivity index (χ2v) is 5.10. The number of nitrogens with two attached hydrogens (primary N) is 1. The zero-order valence-electron chi connectivity index (χ0n) is 13.3. The van der Waals surface area contributed by atoms with Crippen molar-refractivity contribution in [3.8, 4) is 5.75 Å². The van der Waals surface area contributed by atoms with E-state index in [1.165, 1.54) is 0 Å². The molecule has 0 unspecified atom stereocenters.